The summed E-state index contributed by atoms with van der Waals surface area (Å²) in [5.74, 6) is -0.126. The number of aromatic carboxylic acids is 1. The first-order valence-electron chi connectivity index (χ1n) is 8.16. The van der Waals surface area contributed by atoms with Crippen molar-refractivity contribution in [2.75, 3.05) is 14.2 Å². The predicted octanol–water partition coefficient (Wildman–Crippen LogP) is 3.66. The zero-order valence-electron chi connectivity index (χ0n) is 14.9. The van der Waals surface area contributed by atoms with Crippen LogP contribution in [-0.2, 0) is 19.3 Å². The maximum Gasteiger partial charge on any atom is 0.336 e. The molecule has 0 unspecified atom stereocenters. The number of carbonyl (C=O) groups is 1. The molecule has 0 saturated heterocycles. The van der Waals surface area contributed by atoms with Crippen LogP contribution in [0.1, 0.15) is 34.0 Å². The molecular weight excluding hydrogens is 338 g/mol. The van der Waals surface area contributed by atoms with Crippen LogP contribution in [0.4, 0.5) is 5.69 Å². The summed E-state index contributed by atoms with van der Waals surface area (Å²) in [7, 11) is 2.99. The highest BCUT2D eigenvalue weighted by Crippen LogP contribution is 2.38. The van der Waals surface area contributed by atoms with Crippen molar-refractivity contribution in [2.24, 2.45) is 0 Å². The third-order valence-corrected chi connectivity index (χ3v) is 4.22. The van der Waals surface area contributed by atoms with E-state index >= 15 is 0 Å². The lowest BCUT2D eigenvalue weighted by atomic mass is 9.94. The van der Waals surface area contributed by atoms with Gasteiger partial charge in [-0.15, -0.1) is 0 Å². The van der Waals surface area contributed by atoms with E-state index in [9.17, 15) is 20.0 Å². The first kappa shape index (κ1) is 19.2. The number of non-ortho nitro benzene ring substituents is 1. The van der Waals surface area contributed by atoms with Crippen LogP contribution in [0.2, 0.25) is 0 Å². The number of hydrogen-bond donors (Lipinski definition) is 1. The standard InChI is InChI=1S/C19H21NO6/c1-4-13-11-16(19(21)22)15(18(26-3)17(13)25-2)9-8-12-6-5-7-14(10-12)20(23)24/h5-7,10-11H,4,8-9H2,1-3H3,(H,21,22). The molecule has 7 nitrogen and oxygen atoms in total. The van der Waals surface area contributed by atoms with Gasteiger partial charge in [-0.1, -0.05) is 19.1 Å². The zero-order chi connectivity index (χ0) is 19.3. The molecule has 0 amide bonds. The lowest BCUT2D eigenvalue weighted by molar-refractivity contribution is -0.384. The number of rotatable bonds is 8. The molecule has 0 aromatic heterocycles. The summed E-state index contributed by atoms with van der Waals surface area (Å²) in [6, 6.07) is 7.91. The fourth-order valence-electron chi connectivity index (χ4n) is 2.97. The molecule has 0 saturated carbocycles. The van der Waals surface area contributed by atoms with Gasteiger partial charge in [-0.05, 0) is 36.5 Å². The quantitative estimate of drug-likeness (QED) is 0.570. The summed E-state index contributed by atoms with van der Waals surface area (Å²) in [5, 5.41) is 20.5. The Labute approximate surface area is 151 Å². The Morgan fingerprint density at radius 2 is 1.85 bits per heavy atom. The van der Waals surface area contributed by atoms with E-state index in [1.807, 2.05) is 6.92 Å². The van der Waals surface area contributed by atoms with Crippen LogP contribution in [0.3, 0.4) is 0 Å². The molecule has 2 aromatic carbocycles. The smallest absolute Gasteiger partial charge is 0.336 e. The van der Waals surface area contributed by atoms with Gasteiger partial charge in [-0.2, -0.15) is 0 Å². The van der Waals surface area contributed by atoms with E-state index in [0.29, 0.717) is 36.3 Å². The molecule has 0 radical (unpaired) electrons. The van der Waals surface area contributed by atoms with Crippen LogP contribution < -0.4 is 9.47 Å². The fourth-order valence-corrected chi connectivity index (χ4v) is 2.97. The second kappa shape index (κ2) is 8.33. The van der Waals surface area contributed by atoms with Crippen molar-refractivity contribution in [3.63, 3.8) is 0 Å². The maximum absolute atomic E-state index is 11.7. The average Bonchev–Trinajstić information content (AvgIpc) is 2.64. The highest BCUT2D eigenvalue weighted by molar-refractivity contribution is 5.91. The van der Waals surface area contributed by atoms with Crippen molar-refractivity contribution in [2.45, 2.75) is 26.2 Å². The van der Waals surface area contributed by atoms with Gasteiger partial charge in [0.15, 0.2) is 11.5 Å². The molecule has 26 heavy (non-hydrogen) atoms. The third-order valence-electron chi connectivity index (χ3n) is 4.22. The molecule has 2 rings (SSSR count). The summed E-state index contributed by atoms with van der Waals surface area (Å²) < 4.78 is 10.9. The SMILES string of the molecule is CCc1cc(C(=O)O)c(CCc2cccc([N+](=O)[O-])c2)c(OC)c1OC. The maximum atomic E-state index is 11.7. The molecule has 0 aliphatic heterocycles. The van der Waals surface area contributed by atoms with Crippen molar-refractivity contribution in [3.05, 3.63) is 62.7 Å². The normalized spacial score (nSPS) is 10.4. The number of aryl methyl sites for hydroxylation is 2. The third kappa shape index (κ3) is 3.93. The summed E-state index contributed by atoms with van der Waals surface area (Å²) >= 11 is 0. The molecule has 0 aliphatic carbocycles. The van der Waals surface area contributed by atoms with E-state index in [1.165, 1.54) is 26.4 Å². The number of methoxy groups -OCH3 is 2. The summed E-state index contributed by atoms with van der Waals surface area (Å²) in [6.07, 6.45) is 1.39. The van der Waals surface area contributed by atoms with Gasteiger partial charge in [-0.3, -0.25) is 10.1 Å². The zero-order valence-corrected chi connectivity index (χ0v) is 14.9. The highest BCUT2D eigenvalue weighted by Gasteiger charge is 2.22. The molecule has 0 aliphatic rings. The van der Waals surface area contributed by atoms with Gasteiger partial charge in [0.25, 0.3) is 5.69 Å². The Bertz CT molecular complexity index is 831. The molecular formula is C19H21NO6. The van der Waals surface area contributed by atoms with Gasteiger partial charge < -0.3 is 14.6 Å². The topological polar surface area (TPSA) is 98.9 Å². The number of benzene rings is 2. The van der Waals surface area contributed by atoms with Crippen LogP contribution in [0.15, 0.2) is 30.3 Å². The molecule has 0 atom stereocenters. The Hall–Kier alpha value is -3.09. The molecule has 7 heteroatoms. The van der Waals surface area contributed by atoms with Crippen LogP contribution >= 0.6 is 0 Å². The lowest BCUT2D eigenvalue weighted by Crippen LogP contribution is -2.09. The lowest BCUT2D eigenvalue weighted by Gasteiger charge is -2.18. The first-order chi connectivity index (χ1) is 12.4. The first-order valence-corrected chi connectivity index (χ1v) is 8.16. The van der Waals surface area contributed by atoms with E-state index in [1.54, 1.807) is 18.2 Å². The van der Waals surface area contributed by atoms with Gasteiger partial charge in [0.2, 0.25) is 0 Å². The van der Waals surface area contributed by atoms with Crippen molar-refractivity contribution in [3.8, 4) is 11.5 Å². The number of ether oxygens (including phenoxy) is 2. The van der Waals surface area contributed by atoms with Crippen LogP contribution in [0.5, 0.6) is 11.5 Å². The van der Waals surface area contributed by atoms with Crippen molar-refractivity contribution in [1.82, 2.24) is 0 Å². The van der Waals surface area contributed by atoms with E-state index in [0.717, 1.165) is 11.1 Å². The average molecular weight is 359 g/mol. The van der Waals surface area contributed by atoms with Gasteiger partial charge in [0.05, 0.1) is 24.7 Å². The highest BCUT2D eigenvalue weighted by atomic mass is 16.6. The second-order valence-electron chi connectivity index (χ2n) is 5.71. The molecule has 0 spiro atoms. The Kier molecular flexibility index (Phi) is 6.16. The monoisotopic (exact) mass is 359 g/mol. The van der Waals surface area contributed by atoms with Crippen molar-refractivity contribution < 1.29 is 24.3 Å². The van der Waals surface area contributed by atoms with Crippen LogP contribution in [0.25, 0.3) is 0 Å². The second-order valence-corrected chi connectivity index (χ2v) is 5.71. The number of nitro groups is 1. The number of nitro benzene ring substituents is 1. The molecule has 0 fully saturated rings. The van der Waals surface area contributed by atoms with Crippen molar-refractivity contribution >= 4 is 11.7 Å². The number of carboxylic acid groups (broad SMARTS) is 1. The van der Waals surface area contributed by atoms with Crippen molar-refractivity contribution in [1.29, 1.82) is 0 Å². The Balaban J connectivity index is 2.45. The molecule has 0 bridgehead atoms. The summed E-state index contributed by atoms with van der Waals surface area (Å²) in [4.78, 5) is 22.2. The minimum Gasteiger partial charge on any atom is -0.493 e. The van der Waals surface area contributed by atoms with Gasteiger partial charge in [-0.25, -0.2) is 4.79 Å². The van der Waals surface area contributed by atoms with Crippen LogP contribution in [-0.4, -0.2) is 30.2 Å². The Morgan fingerprint density at radius 3 is 2.38 bits per heavy atom. The number of nitrogens with zero attached hydrogens (tertiary/aromatic N) is 1. The van der Waals surface area contributed by atoms with E-state index in [-0.39, 0.29) is 11.3 Å². The van der Waals surface area contributed by atoms with E-state index in [2.05, 4.69) is 0 Å². The van der Waals surface area contributed by atoms with Gasteiger partial charge in [0, 0.05) is 17.7 Å². The molecule has 1 N–H and O–H groups in total. The fraction of sp³-hybridized carbons (Fsp3) is 0.316. The van der Waals surface area contributed by atoms with Crippen LogP contribution in [0, 0.1) is 10.1 Å². The van der Waals surface area contributed by atoms with E-state index in [4.69, 9.17) is 9.47 Å². The minimum atomic E-state index is -1.05. The minimum absolute atomic E-state index is 0.00633. The molecule has 0 heterocycles. The molecule has 138 valence electrons. The van der Waals surface area contributed by atoms with Gasteiger partial charge in [0.1, 0.15) is 0 Å². The number of carboxylic acids is 1. The largest absolute Gasteiger partial charge is 0.493 e. The van der Waals surface area contributed by atoms with Gasteiger partial charge >= 0.3 is 5.97 Å². The molecule has 2 aromatic rings. The number of hydrogen-bond acceptors (Lipinski definition) is 5. The predicted molar refractivity (Wildman–Crippen MR) is 96.4 cm³/mol. The van der Waals surface area contributed by atoms with E-state index < -0.39 is 10.9 Å². The Morgan fingerprint density at radius 1 is 1.15 bits per heavy atom. The summed E-state index contributed by atoms with van der Waals surface area (Å²) in [5.41, 5.74) is 2.18. The summed E-state index contributed by atoms with van der Waals surface area (Å²) in [6.45, 7) is 1.91.